The molecule has 3 rings (SSSR count). The Hall–Kier alpha value is -2.07. The standard InChI is InChI=1S/C19H22FNO2/c1-14(23-19-8-6-18(22)7-9-19)21-11-10-16(13-21)12-15-2-4-17(20)5-3-15/h2-9,14,16,22H,10-13H2,1H3. The van der Waals surface area contributed by atoms with Crippen molar-refractivity contribution < 1.29 is 14.2 Å². The molecule has 2 aromatic carbocycles. The Labute approximate surface area is 136 Å². The second-order valence-corrected chi connectivity index (χ2v) is 6.19. The van der Waals surface area contributed by atoms with Crippen LogP contribution in [0, 0.1) is 11.7 Å². The van der Waals surface area contributed by atoms with Gasteiger partial charge in [-0.15, -0.1) is 0 Å². The summed E-state index contributed by atoms with van der Waals surface area (Å²) in [5, 5.41) is 9.30. The van der Waals surface area contributed by atoms with Gasteiger partial charge in [-0.05, 0) is 67.6 Å². The van der Waals surface area contributed by atoms with Gasteiger partial charge in [0.05, 0.1) is 0 Å². The van der Waals surface area contributed by atoms with E-state index in [1.54, 1.807) is 24.3 Å². The first-order valence-corrected chi connectivity index (χ1v) is 8.04. The predicted molar refractivity (Wildman–Crippen MR) is 88.0 cm³/mol. The molecule has 0 radical (unpaired) electrons. The van der Waals surface area contributed by atoms with E-state index >= 15 is 0 Å². The highest BCUT2D eigenvalue weighted by molar-refractivity contribution is 5.30. The van der Waals surface area contributed by atoms with Crippen LogP contribution < -0.4 is 4.74 Å². The van der Waals surface area contributed by atoms with Crippen LogP contribution in [0.1, 0.15) is 18.9 Å². The smallest absolute Gasteiger partial charge is 0.149 e. The topological polar surface area (TPSA) is 32.7 Å². The van der Waals surface area contributed by atoms with E-state index < -0.39 is 0 Å². The van der Waals surface area contributed by atoms with Gasteiger partial charge in [0, 0.05) is 13.1 Å². The van der Waals surface area contributed by atoms with E-state index in [1.165, 1.54) is 17.7 Å². The summed E-state index contributed by atoms with van der Waals surface area (Å²) in [6.45, 7) is 4.04. The van der Waals surface area contributed by atoms with Crippen LogP contribution in [0.15, 0.2) is 48.5 Å². The number of ether oxygens (including phenoxy) is 1. The fourth-order valence-corrected chi connectivity index (χ4v) is 3.11. The molecule has 0 bridgehead atoms. The van der Waals surface area contributed by atoms with Crippen LogP contribution in [-0.4, -0.2) is 29.3 Å². The van der Waals surface area contributed by atoms with Crippen molar-refractivity contribution in [3.05, 3.63) is 59.9 Å². The molecule has 1 N–H and O–H groups in total. The fourth-order valence-electron chi connectivity index (χ4n) is 3.11. The zero-order valence-electron chi connectivity index (χ0n) is 13.3. The predicted octanol–water partition coefficient (Wildman–Crippen LogP) is 3.82. The molecule has 0 spiro atoms. The third-order valence-electron chi connectivity index (χ3n) is 4.41. The maximum atomic E-state index is 13.0. The lowest BCUT2D eigenvalue weighted by molar-refractivity contribution is 0.0560. The van der Waals surface area contributed by atoms with Crippen molar-refractivity contribution in [3.63, 3.8) is 0 Å². The van der Waals surface area contributed by atoms with E-state index in [1.807, 2.05) is 19.1 Å². The minimum absolute atomic E-state index is 0.00207. The molecule has 122 valence electrons. The fraction of sp³-hybridized carbons (Fsp3) is 0.368. The lowest BCUT2D eigenvalue weighted by Gasteiger charge is -2.25. The summed E-state index contributed by atoms with van der Waals surface area (Å²) in [4.78, 5) is 2.32. The van der Waals surface area contributed by atoms with Crippen LogP contribution in [0.25, 0.3) is 0 Å². The van der Waals surface area contributed by atoms with E-state index in [9.17, 15) is 9.50 Å². The van der Waals surface area contributed by atoms with Gasteiger partial charge in [0.15, 0.2) is 0 Å². The second-order valence-electron chi connectivity index (χ2n) is 6.19. The van der Waals surface area contributed by atoms with E-state index in [0.717, 1.165) is 31.7 Å². The average Bonchev–Trinajstić information content (AvgIpc) is 3.00. The molecule has 1 saturated heterocycles. The zero-order chi connectivity index (χ0) is 16.2. The summed E-state index contributed by atoms with van der Waals surface area (Å²) in [7, 11) is 0. The molecule has 1 aliphatic heterocycles. The summed E-state index contributed by atoms with van der Waals surface area (Å²) in [6, 6.07) is 13.6. The largest absolute Gasteiger partial charge is 0.508 e. The molecule has 1 fully saturated rings. The molecule has 3 nitrogen and oxygen atoms in total. The highest BCUT2D eigenvalue weighted by atomic mass is 19.1. The number of halogens is 1. The molecule has 2 atom stereocenters. The van der Waals surface area contributed by atoms with Gasteiger partial charge in [-0.3, -0.25) is 4.90 Å². The van der Waals surface area contributed by atoms with Crippen molar-refractivity contribution in [2.45, 2.75) is 26.0 Å². The Balaban J connectivity index is 1.52. The van der Waals surface area contributed by atoms with Gasteiger partial charge in [-0.2, -0.15) is 0 Å². The molecule has 0 aromatic heterocycles. The second kappa shape index (κ2) is 7.01. The first-order valence-electron chi connectivity index (χ1n) is 8.04. The molecule has 1 heterocycles. The number of nitrogens with zero attached hydrogens (tertiary/aromatic N) is 1. The summed E-state index contributed by atoms with van der Waals surface area (Å²) < 4.78 is 18.9. The number of likely N-dealkylation sites (tertiary alicyclic amines) is 1. The lowest BCUT2D eigenvalue weighted by Crippen LogP contribution is -2.35. The van der Waals surface area contributed by atoms with Crippen molar-refractivity contribution in [1.82, 2.24) is 4.90 Å². The highest BCUT2D eigenvalue weighted by Gasteiger charge is 2.27. The third kappa shape index (κ3) is 4.23. The maximum Gasteiger partial charge on any atom is 0.149 e. The van der Waals surface area contributed by atoms with Crippen molar-refractivity contribution >= 4 is 0 Å². The molecule has 4 heteroatoms. The number of aromatic hydroxyl groups is 1. The average molecular weight is 315 g/mol. The van der Waals surface area contributed by atoms with Crippen LogP contribution in [0.4, 0.5) is 4.39 Å². The van der Waals surface area contributed by atoms with Gasteiger partial charge in [0.25, 0.3) is 0 Å². The van der Waals surface area contributed by atoms with E-state index in [2.05, 4.69) is 4.90 Å². The van der Waals surface area contributed by atoms with Crippen LogP contribution >= 0.6 is 0 Å². The molecule has 23 heavy (non-hydrogen) atoms. The molecule has 0 aliphatic carbocycles. The molecule has 2 aromatic rings. The summed E-state index contributed by atoms with van der Waals surface area (Å²) in [5.74, 6) is 1.40. The van der Waals surface area contributed by atoms with Gasteiger partial charge in [0.1, 0.15) is 23.5 Å². The summed E-state index contributed by atoms with van der Waals surface area (Å²) >= 11 is 0. The third-order valence-corrected chi connectivity index (χ3v) is 4.41. The van der Waals surface area contributed by atoms with Crippen molar-refractivity contribution in [2.75, 3.05) is 13.1 Å². The van der Waals surface area contributed by atoms with Gasteiger partial charge >= 0.3 is 0 Å². The van der Waals surface area contributed by atoms with Gasteiger partial charge < -0.3 is 9.84 Å². The minimum atomic E-state index is -0.183. The first kappa shape index (κ1) is 15.8. The van der Waals surface area contributed by atoms with E-state index in [0.29, 0.717) is 5.92 Å². The quantitative estimate of drug-likeness (QED) is 0.910. The van der Waals surface area contributed by atoms with Crippen LogP contribution in [-0.2, 0) is 6.42 Å². The zero-order valence-corrected chi connectivity index (χ0v) is 13.3. The Morgan fingerprint density at radius 2 is 1.87 bits per heavy atom. The number of phenolic OH excluding ortho intramolecular Hbond substituents is 1. The number of rotatable bonds is 5. The summed E-state index contributed by atoms with van der Waals surface area (Å²) in [6.07, 6.45) is 2.10. The molecular weight excluding hydrogens is 293 g/mol. The highest BCUT2D eigenvalue weighted by Crippen LogP contribution is 2.25. The summed E-state index contributed by atoms with van der Waals surface area (Å²) in [5.41, 5.74) is 1.19. The Morgan fingerprint density at radius 1 is 1.17 bits per heavy atom. The van der Waals surface area contributed by atoms with Gasteiger partial charge in [0.2, 0.25) is 0 Å². The molecule has 0 amide bonds. The Kier molecular flexibility index (Phi) is 4.82. The lowest BCUT2D eigenvalue weighted by atomic mass is 9.99. The number of phenols is 1. The first-order chi connectivity index (χ1) is 11.1. The van der Waals surface area contributed by atoms with Crippen LogP contribution in [0.5, 0.6) is 11.5 Å². The van der Waals surface area contributed by atoms with Crippen LogP contribution in [0.2, 0.25) is 0 Å². The minimum Gasteiger partial charge on any atom is -0.508 e. The SMILES string of the molecule is CC(Oc1ccc(O)cc1)N1CCC(Cc2ccc(F)cc2)C1. The van der Waals surface area contributed by atoms with E-state index in [4.69, 9.17) is 4.74 Å². The monoisotopic (exact) mass is 315 g/mol. The number of hydrogen-bond donors (Lipinski definition) is 1. The number of benzene rings is 2. The van der Waals surface area contributed by atoms with Crippen molar-refractivity contribution in [2.24, 2.45) is 5.92 Å². The molecule has 2 unspecified atom stereocenters. The van der Waals surface area contributed by atoms with Gasteiger partial charge in [-0.1, -0.05) is 12.1 Å². The molecule has 1 aliphatic rings. The normalized spacial score (nSPS) is 19.7. The Morgan fingerprint density at radius 3 is 2.57 bits per heavy atom. The van der Waals surface area contributed by atoms with Gasteiger partial charge in [-0.25, -0.2) is 4.39 Å². The number of hydrogen-bond acceptors (Lipinski definition) is 3. The Bertz CT molecular complexity index is 627. The van der Waals surface area contributed by atoms with E-state index in [-0.39, 0.29) is 17.8 Å². The van der Waals surface area contributed by atoms with Crippen molar-refractivity contribution in [1.29, 1.82) is 0 Å². The van der Waals surface area contributed by atoms with Crippen LogP contribution in [0.3, 0.4) is 0 Å². The molecular formula is C19H22FNO2. The maximum absolute atomic E-state index is 13.0. The molecule has 0 saturated carbocycles. The van der Waals surface area contributed by atoms with Crippen molar-refractivity contribution in [3.8, 4) is 11.5 Å².